The number of rotatable bonds is 7. The van der Waals surface area contributed by atoms with Crippen LogP contribution in [0.5, 0.6) is 0 Å². The van der Waals surface area contributed by atoms with E-state index in [9.17, 15) is 0 Å². The molecule has 5 aromatic rings. The molecule has 0 heterocycles. The van der Waals surface area contributed by atoms with Gasteiger partial charge in [0.05, 0.1) is 11.4 Å². The second-order valence-electron chi connectivity index (χ2n) is 12.4. The van der Waals surface area contributed by atoms with Gasteiger partial charge in [-0.3, -0.25) is 0 Å². The van der Waals surface area contributed by atoms with Crippen molar-refractivity contribution >= 4 is 45.2 Å². The van der Waals surface area contributed by atoms with Gasteiger partial charge >= 0.3 is 0 Å². The van der Waals surface area contributed by atoms with E-state index in [4.69, 9.17) is 0 Å². The van der Waals surface area contributed by atoms with Gasteiger partial charge in [0.25, 0.3) is 0 Å². The summed E-state index contributed by atoms with van der Waals surface area (Å²) in [6.45, 7) is 0. The molecule has 0 unspecified atom stereocenters. The molecule has 49 heavy (non-hydrogen) atoms. The predicted molar refractivity (Wildman–Crippen MR) is 210 cm³/mol. The Labute approximate surface area is 289 Å². The number of anilines is 4. The van der Waals surface area contributed by atoms with Crippen LogP contribution in [0.25, 0.3) is 22.4 Å². The normalized spacial score (nSPS) is 15.1. The van der Waals surface area contributed by atoms with E-state index in [0.29, 0.717) is 0 Å². The zero-order valence-corrected chi connectivity index (χ0v) is 27.5. The van der Waals surface area contributed by atoms with Gasteiger partial charge in [-0.25, -0.2) is 0 Å². The second kappa shape index (κ2) is 13.9. The quantitative estimate of drug-likeness (QED) is 0.177. The van der Waals surface area contributed by atoms with Crippen LogP contribution in [0.3, 0.4) is 0 Å². The van der Waals surface area contributed by atoms with Crippen LogP contribution in [0.4, 0.5) is 22.7 Å². The predicted octanol–water partition coefficient (Wildman–Crippen LogP) is 12.6. The van der Waals surface area contributed by atoms with Crippen molar-refractivity contribution in [2.75, 3.05) is 9.80 Å². The molecule has 0 aromatic heterocycles. The lowest BCUT2D eigenvalue weighted by atomic mass is 10.00. The molecule has 8 rings (SSSR count). The Morgan fingerprint density at radius 1 is 0.490 bits per heavy atom. The Morgan fingerprint density at radius 3 is 2.16 bits per heavy atom. The second-order valence-corrected chi connectivity index (χ2v) is 12.4. The van der Waals surface area contributed by atoms with Gasteiger partial charge in [0.15, 0.2) is 0 Å². The van der Waals surface area contributed by atoms with E-state index in [1.165, 1.54) is 55.8 Å². The van der Waals surface area contributed by atoms with Crippen molar-refractivity contribution in [2.24, 2.45) is 0 Å². The first-order valence-corrected chi connectivity index (χ1v) is 17.1. The van der Waals surface area contributed by atoms with Crippen molar-refractivity contribution in [3.05, 3.63) is 216 Å². The van der Waals surface area contributed by atoms with Gasteiger partial charge in [0, 0.05) is 34.6 Å². The molecule has 0 N–H and O–H groups in total. The Hall–Kier alpha value is -6.12. The third-order valence-corrected chi connectivity index (χ3v) is 9.36. The van der Waals surface area contributed by atoms with E-state index in [2.05, 4.69) is 204 Å². The molecule has 236 valence electrons. The molecule has 2 nitrogen and oxygen atoms in total. The van der Waals surface area contributed by atoms with Crippen LogP contribution < -0.4 is 9.80 Å². The van der Waals surface area contributed by atoms with E-state index >= 15 is 0 Å². The number of benzene rings is 5. The van der Waals surface area contributed by atoms with Crippen molar-refractivity contribution in [1.29, 1.82) is 0 Å². The summed E-state index contributed by atoms with van der Waals surface area (Å²) in [6, 6.07) is 41.6. The van der Waals surface area contributed by atoms with Crippen molar-refractivity contribution < 1.29 is 0 Å². The molecule has 0 saturated heterocycles. The standard InChI is InChI=1S/C47H38N2/c1-2-7-22-40(21-6-1)48(46-28-15-20-39-17-11-12-27-45(39)46)42-25-13-18-36(30-33-42)37-31-34-43(35-32-37)49(41-23-8-4-9-24-41)47-29-14-19-38-16-5-3-10-26-44(38)47/h1-6,8-24,27-35H,7,25-26H2. The molecular weight excluding hydrogens is 593 g/mol. The van der Waals surface area contributed by atoms with Crippen LogP contribution in [0.2, 0.25) is 0 Å². The van der Waals surface area contributed by atoms with Crippen LogP contribution in [-0.4, -0.2) is 0 Å². The van der Waals surface area contributed by atoms with Crippen LogP contribution in [0.1, 0.15) is 29.5 Å². The summed E-state index contributed by atoms with van der Waals surface area (Å²) in [5.41, 5.74) is 12.1. The van der Waals surface area contributed by atoms with Gasteiger partial charge in [-0.05, 0) is 89.0 Å². The summed E-state index contributed by atoms with van der Waals surface area (Å²) in [5, 5.41) is 2.49. The van der Waals surface area contributed by atoms with Crippen LogP contribution >= 0.6 is 0 Å². The fraction of sp³-hybridized carbons (Fsp3) is 0.0638. The largest absolute Gasteiger partial charge is 0.314 e. The highest BCUT2D eigenvalue weighted by molar-refractivity contribution is 5.96. The van der Waals surface area contributed by atoms with E-state index < -0.39 is 0 Å². The lowest BCUT2D eigenvalue weighted by Crippen LogP contribution is -2.21. The average Bonchev–Trinajstić information content (AvgIpc) is 3.68. The Kier molecular flexibility index (Phi) is 8.59. The average molecular weight is 631 g/mol. The number of hydrogen-bond acceptors (Lipinski definition) is 2. The number of allylic oxidation sites excluding steroid dienone is 13. The van der Waals surface area contributed by atoms with Crippen LogP contribution in [0, 0.1) is 0 Å². The molecule has 0 atom stereocenters. The molecule has 2 heteroatoms. The van der Waals surface area contributed by atoms with E-state index in [0.717, 1.165) is 30.6 Å². The lowest BCUT2D eigenvalue weighted by molar-refractivity contribution is 1.04. The molecular formula is C47H38N2. The molecule has 5 aromatic carbocycles. The molecule has 3 aliphatic rings. The Balaban J connectivity index is 1.16. The molecule has 3 aliphatic carbocycles. The lowest BCUT2D eigenvalue weighted by Gasteiger charge is -2.29. The first-order chi connectivity index (χ1) is 24.3. The minimum Gasteiger partial charge on any atom is -0.314 e. The zero-order chi connectivity index (χ0) is 32.8. The molecule has 0 spiro atoms. The maximum Gasteiger partial charge on any atom is 0.0536 e. The maximum absolute atomic E-state index is 2.43. The number of nitrogens with zero attached hydrogens (tertiary/aromatic N) is 2. The number of fused-ring (bicyclic) bond motifs is 2. The third-order valence-electron chi connectivity index (χ3n) is 9.36. The minimum atomic E-state index is 0.823. The minimum absolute atomic E-state index is 0.823. The summed E-state index contributed by atoms with van der Waals surface area (Å²) >= 11 is 0. The van der Waals surface area contributed by atoms with Crippen molar-refractivity contribution in [2.45, 2.75) is 19.3 Å². The summed E-state index contributed by atoms with van der Waals surface area (Å²) in [7, 11) is 0. The number of hydrogen-bond donors (Lipinski definition) is 0. The highest BCUT2D eigenvalue weighted by Gasteiger charge is 2.20. The third kappa shape index (κ3) is 6.29. The first kappa shape index (κ1) is 30.2. The van der Waals surface area contributed by atoms with Crippen molar-refractivity contribution in [1.82, 2.24) is 0 Å². The molecule has 0 bridgehead atoms. The van der Waals surface area contributed by atoms with E-state index in [-0.39, 0.29) is 0 Å². The van der Waals surface area contributed by atoms with Gasteiger partial charge < -0.3 is 9.80 Å². The van der Waals surface area contributed by atoms with E-state index in [1.54, 1.807) is 0 Å². The van der Waals surface area contributed by atoms with Crippen molar-refractivity contribution in [3.63, 3.8) is 0 Å². The molecule has 0 fully saturated rings. The van der Waals surface area contributed by atoms with Gasteiger partial charge in [-0.15, -0.1) is 0 Å². The molecule has 0 radical (unpaired) electrons. The van der Waals surface area contributed by atoms with Crippen LogP contribution in [0.15, 0.2) is 200 Å². The van der Waals surface area contributed by atoms with E-state index in [1.807, 2.05) is 0 Å². The van der Waals surface area contributed by atoms with Crippen LogP contribution in [-0.2, 0) is 6.42 Å². The number of para-hydroxylation sites is 1. The fourth-order valence-electron chi connectivity index (χ4n) is 6.98. The van der Waals surface area contributed by atoms with Gasteiger partial charge in [-0.2, -0.15) is 0 Å². The SMILES string of the molecule is C1=CCC=C(N(C2=CC=C(c3ccc(N(c4ccccc4)c4cccc5c4CC=CC=C5)cc3)C=CC2)c2cccc3ccccc23)C=C1. The summed E-state index contributed by atoms with van der Waals surface area (Å²) in [5.74, 6) is 0. The fourth-order valence-corrected chi connectivity index (χ4v) is 6.98. The molecule has 0 aliphatic heterocycles. The van der Waals surface area contributed by atoms with Crippen molar-refractivity contribution in [3.8, 4) is 0 Å². The Bertz CT molecular complexity index is 2230. The summed E-state index contributed by atoms with van der Waals surface area (Å²) in [6.07, 6.45) is 31.5. The topological polar surface area (TPSA) is 6.48 Å². The Morgan fingerprint density at radius 2 is 1.24 bits per heavy atom. The highest BCUT2D eigenvalue weighted by Crippen LogP contribution is 2.40. The zero-order valence-electron chi connectivity index (χ0n) is 27.5. The molecule has 0 amide bonds. The van der Waals surface area contributed by atoms with Gasteiger partial charge in [0.1, 0.15) is 0 Å². The molecule has 0 saturated carbocycles. The first-order valence-electron chi connectivity index (χ1n) is 17.1. The smallest absolute Gasteiger partial charge is 0.0536 e. The highest BCUT2D eigenvalue weighted by atomic mass is 15.2. The van der Waals surface area contributed by atoms with Gasteiger partial charge in [0.2, 0.25) is 0 Å². The monoisotopic (exact) mass is 630 g/mol. The summed E-state index contributed by atoms with van der Waals surface area (Å²) in [4.78, 5) is 4.82. The maximum atomic E-state index is 2.43. The van der Waals surface area contributed by atoms with Gasteiger partial charge in [-0.1, -0.05) is 146 Å². The summed E-state index contributed by atoms with van der Waals surface area (Å²) < 4.78 is 0.